The first-order chi connectivity index (χ1) is 8.59. The Labute approximate surface area is 104 Å². The number of primary amides is 1. The van der Waals surface area contributed by atoms with Crippen LogP contribution in [-0.4, -0.2) is 22.8 Å². The zero-order valence-electron chi connectivity index (χ0n) is 9.88. The fourth-order valence-corrected chi connectivity index (χ4v) is 1.64. The number of pyridine rings is 1. The van der Waals surface area contributed by atoms with E-state index < -0.39 is 11.9 Å². The number of carbonyl (C=O) groups is 2. The minimum Gasteiger partial charge on any atom is -0.368 e. The molecule has 0 saturated carbocycles. The number of para-hydroxylation sites is 1. The summed E-state index contributed by atoms with van der Waals surface area (Å²) in [6.07, 6.45) is 1.56. The highest BCUT2D eigenvalue weighted by Crippen LogP contribution is 2.15. The molecule has 2 aromatic rings. The molecule has 1 aromatic heterocycles. The number of fused-ring (bicyclic) bond motifs is 1. The lowest BCUT2D eigenvalue weighted by Crippen LogP contribution is -2.42. The molecule has 5 heteroatoms. The van der Waals surface area contributed by atoms with Crippen LogP contribution in [0, 0.1) is 0 Å². The highest BCUT2D eigenvalue weighted by molar-refractivity contribution is 6.07. The van der Waals surface area contributed by atoms with E-state index in [9.17, 15) is 9.59 Å². The van der Waals surface area contributed by atoms with Crippen molar-refractivity contribution in [3.63, 3.8) is 0 Å². The molecule has 0 fully saturated rings. The van der Waals surface area contributed by atoms with Crippen molar-refractivity contribution < 1.29 is 9.59 Å². The van der Waals surface area contributed by atoms with E-state index >= 15 is 0 Å². The topological polar surface area (TPSA) is 85.1 Å². The van der Waals surface area contributed by atoms with Crippen molar-refractivity contribution in [2.75, 3.05) is 0 Å². The van der Waals surface area contributed by atoms with Gasteiger partial charge in [0.25, 0.3) is 5.91 Å². The summed E-state index contributed by atoms with van der Waals surface area (Å²) in [4.78, 5) is 27.1. The average molecular weight is 243 g/mol. The number of hydrogen-bond acceptors (Lipinski definition) is 3. The third kappa shape index (κ3) is 2.29. The smallest absolute Gasteiger partial charge is 0.252 e. The van der Waals surface area contributed by atoms with Gasteiger partial charge < -0.3 is 11.1 Å². The van der Waals surface area contributed by atoms with Gasteiger partial charge in [-0.3, -0.25) is 14.6 Å². The predicted octanol–water partition coefficient (Wildman–Crippen LogP) is 0.838. The summed E-state index contributed by atoms with van der Waals surface area (Å²) >= 11 is 0. The van der Waals surface area contributed by atoms with Crippen molar-refractivity contribution in [1.29, 1.82) is 0 Å². The Morgan fingerprint density at radius 2 is 2.00 bits per heavy atom. The van der Waals surface area contributed by atoms with Crippen molar-refractivity contribution in [3.8, 4) is 0 Å². The molecule has 1 aromatic carbocycles. The van der Waals surface area contributed by atoms with Crippen LogP contribution in [0.2, 0.25) is 0 Å². The Morgan fingerprint density at radius 1 is 1.28 bits per heavy atom. The Kier molecular flexibility index (Phi) is 3.23. The molecular weight excluding hydrogens is 230 g/mol. The molecule has 92 valence electrons. The minimum absolute atomic E-state index is 0.333. The van der Waals surface area contributed by atoms with Gasteiger partial charge in [0, 0.05) is 11.6 Å². The zero-order valence-corrected chi connectivity index (χ0v) is 9.88. The number of nitrogens with two attached hydrogens (primary N) is 1. The van der Waals surface area contributed by atoms with E-state index in [1.165, 1.54) is 0 Å². The second-order valence-electron chi connectivity index (χ2n) is 3.97. The van der Waals surface area contributed by atoms with Gasteiger partial charge in [0.1, 0.15) is 6.04 Å². The van der Waals surface area contributed by atoms with Crippen LogP contribution in [0.3, 0.4) is 0 Å². The number of nitrogens with zero attached hydrogens (tertiary/aromatic N) is 1. The van der Waals surface area contributed by atoms with Crippen LogP contribution >= 0.6 is 0 Å². The molecule has 0 saturated heterocycles. The van der Waals surface area contributed by atoms with Crippen molar-refractivity contribution in [2.24, 2.45) is 5.73 Å². The molecule has 18 heavy (non-hydrogen) atoms. The first-order valence-corrected chi connectivity index (χ1v) is 5.53. The number of carbonyl (C=O) groups excluding carboxylic acids is 2. The molecular formula is C13H13N3O2. The van der Waals surface area contributed by atoms with Crippen LogP contribution in [0.1, 0.15) is 17.3 Å². The normalized spacial score (nSPS) is 12.1. The fourth-order valence-electron chi connectivity index (χ4n) is 1.64. The quantitative estimate of drug-likeness (QED) is 0.837. The summed E-state index contributed by atoms with van der Waals surface area (Å²) in [7, 11) is 0. The molecule has 2 amide bonds. The molecule has 0 unspecified atom stereocenters. The lowest BCUT2D eigenvalue weighted by Gasteiger charge is -2.11. The van der Waals surface area contributed by atoms with Gasteiger partial charge >= 0.3 is 0 Å². The number of nitrogens with one attached hydrogen (secondary N) is 1. The zero-order chi connectivity index (χ0) is 13.1. The van der Waals surface area contributed by atoms with E-state index in [1.807, 2.05) is 24.3 Å². The first-order valence-electron chi connectivity index (χ1n) is 5.53. The summed E-state index contributed by atoms with van der Waals surface area (Å²) in [5, 5.41) is 3.29. The first kappa shape index (κ1) is 12.0. The Bertz CT molecular complexity index is 605. The maximum absolute atomic E-state index is 12.0. The lowest BCUT2D eigenvalue weighted by molar-refractivity contribution is -0.119. The van der Waals surface area contributed by atoms with Crippen LogP contribution in [0.25, 0.3) is 10.9 Å². The van der Waals surface area contributed by atoms with Gasteiger partial charge in [-0.1, -0.05) is 18.2 Å². The molecule has 1 heterocycles. The van der Waals surface area contributed by atoms with Crippen molar-refractivity contribution in [2.45, 2.75) is 13.0 Å². The van der Waals surface area contributed by atoms with E-state index in [-0.39, 0.29) is 5.91 Å². The van der Waals surface area contributed by atoms with Gasteiger partial charge in [-0.05, 0) is 19.1 Å². The summed E-state index contributed by atoms with van der Waals surface area (Å²) < 4.78 is 0. The largest absolute Gasteiger partial charge is 0.368 e. The second-order valence-corrected chi connectivity index (χ2v) is 3.97. The third-order valence-electron chi connectivity index (χ3n) is 2.67. The number of aromatic nitrogens is 1. The maximum Gasteiger partial charge on any atom is 0.252 e. The molecule has 0 spiro atoms. The highest BCUT2D eigenvalue weighted by atomic mass is 16.2. The SMILES string of the molecule is C[C@H](NC(=O)c1ccnc2ccccc12)C(N)=O. The second kappa shape index (κ2) is 4.83. The lowest BCUT2D eigenvalue weighted by atomic mass is 10.1. The molecule has 0 bridgehead atoms. The standard InChI is InChI=1S/C13H13N3O2/c1-8(12(14)17)16-13(18)10-6-7-15-11-5-3-2-4-9(10)11/h2-8H,1H3,(H2,14,17)(H,16,18)/t8-/m0/s1. The van der Waals surface area contributed by atoms with E-state index in [2.05, 4.69) is 10.3 Å². The minimum atomic E-state index is -0.704. The van der Waals surface area contributed by atoms with E-state index in [4.69, 9.17) is 5.73 Å². The molecule has 0 aliphatic heterocycles. The summed E-state index contributed by atoms with van der Waals surface area (Å²) in [5.74, 6) is -0.901. The van der Waals surface area contributed by atoms with Crippen molar-refractivity contribution in [1.82, 2.24) is 10.3 Å². The van der Waals surface area contributed by atoms with E-state index in [1.54, 1.807) is 19.2 Å². The van der Waals surface area contributed by atoms with E-state index in [0.717, 1.165) is 10.9 Å². The third-order valence-corrected chi connectivity index (χ3v) is 2.67. The van der Waals surface area contributed by atoms with Crippen LogP contribution in [0.15, 0.2) is 36.5 Å². The maximum atomic E-state index is 12.0. The molecule has 2 rings (SSSR count). The fraction of sp³-hybridized carbons (Fsp3) is 0.154. The summed E-state index contributed by atoms with van der Waals surface area (Å²) in [6, 6.07) is 8.23. The van der Waals surface area contributed by atoms with E-state index in [0.29, 0.717) is 5.56 Å². The van der Waals surface area contributed by atoms with Gasteiger partial charge in [-0.25, -0.2) is 0 Å². The predicted molar refractivity (Wildman–Crippen MR) is 67.9 cm³/mol. The Morgan fingerprint density at radius 3 is 2.72 bits per heavy atom. The van der Waals surface area contributed by atoms with Crippen LogP contribution in [0.4, 0.5) is 0 Å². The molecule has 0 radical (unpaired) electrons. The molecule has 0 aliphatic carbocycles. The summed E-state index contributed by atoms with van der Waals surface area (Å²) in [6.45, 7) is 1.55. The Hall–Kier alpha value is -2.43. The number of amides is 2. The Balaban J connectivity index is 2.36. The van der Waals surface area contributed by atoms with Gasteiger partial charge in [0.2, 0.25) is 5.91 Å². The van der Waals surface area contributed by atoms with Gasteiger partial charge in [-0.15, -0.1) is 0 Å². The molecule has 0 aliphatic rings. The number of benzene rings is 1. The monoisotopic (exact) mass is 243 g/mol. The van der Waals surface area contributed by atoms with Crippen molar-refractivity contribution in [3.05, 3.63) is 42.1 Å². The average Bonchev–Trinajstić information content (AvgIpc) is 2.37. The van der Waals surface area contributed by atoms with Crippen LogP contribution < -0.4 is 11.1 Å². The van der Waals surface area contributed by atoms with Gasteiger partial charge in [0.15, 0.2) is 0 Å². The van der Waals surface area contributed by atoms with Gasteiger partial charge in [0.05, 0.1) is 11.1 Å². The van der Waals surface area contributed by atoms with Crippen LogP contribution in [-0.2, 0) is 4.79 Å². The van der Waals surface area contributed by atoms with Crippen LogP contribution in [0.5, 0.6) is 0 Å². The van der Waals surface area contributed by atoms with Gasteiger partial charge in [-0.2, -0.15) is 0 Å². The van der Waals surface area contributed by atoms with Crippen molar-refractivity contribution >= 4 is 22.7 Å². The molecule has 1 atom stereocenters. The molecule has 5 nitrogen and oxygen atoms in total. The highest BCUT2D eigenvalue weighted by Gasteiger charge is 2.15. The number of rotatable bonds is 3. The number of hydrogen-bond donors (Lipinski definition) is 2. The molecule has 3 N–H and O–H groups in total. The summed E-state index contributed by atoms with van der Waals surface area (Å²) in [5.41, 5.74) is 6.32.